The van der Waals surface area contributed by atoms with E-state index in [2.05, 4.69) is 29.4 Å². The quantitative estimate of drug-likeness (QED) is 0.761. The number of nitrogen functional groups attached to an aromatic ring is 1. The summed E-state index contributed by atoms with van der Waals surface area (Å²) < 4.78 is 5.97. The highest BCUT2D eigenvalue weighted by atomic mass is 16.5. The number of benzene rings is 2. The van der Waals surface area contributed by atoms with Gasteiger partial charge in [0.2, 0.25) is 5.91 Å². The molecule has 25 heavy (non-hydrogen) atoms. The van der Waals surface area contributed by atoms with Crippen molar-refractivity contribution in [1.29, 1.82) is 0 Å². The van der Waals surface area contributed by atoms with Gasteiger partial charge < -0.3 is 20.7 Å². The summed E-state index contributed by atoms with van der Waals surface area (Å²) in [6.07, 6.45) is 2.25. The summed E-state index contributed by atoms with van der Waals surface area (Å²) in [5.74, 6) is 0.955. The second-order valence-electron chi connectivity index (χ2n) is 6.47. The Labute approximate surface area is 148 Å². The molecule has 5 heteroatoms. The molecular weight excluding hydrogens is 314 g/mol. The number of carbonyl (C=O) groups excluding carboxylic acids is 1. The van der Waals surface area contributed by atoms with Crippen LogP contribution in [0.5, 0.6) is 5.75 Å². The third-order valence-electron chi connectivity index (χ3n) is 4.50. The number of hydrogen-bond donors (Lipinski definition) is 2. The van der Waals surface area contributed by atoms with E-state index in [1.165, 1.54) is 5.56 Å². The maximum Gasteiger partial charge on any atom is 0.224 e. The topological polar surface area (TPSA) is 67.6 Å². The summed E-state index contributed by atoms with van der Waals surface area (Å²) in [5.41, 5.74) is 9.78. The van der Waals surface area contributed by atoms with Crippen molar-refractivity contribution in [2.75, 3.05) is 37.8 Å². The lowest BCUT2D eigenvalue weighted by Gasteiger charge is -2.21. The third-order valence-corrected chi connectivity index (χ3v) is 4.50. The first kappa shape index (κ1) is 17.3. The molecule has 0 unspecified atom stereocenters. The maximum absolute atomic E-state index is 11.5. The van der Waals surface area contributed by atoms with E-state index < -0.39 is 0 Å². The normalized spacial score (nSPS) is 13.4. The SMILES string of the molecule is CN(CCOc1cccc2c1CCC(=O)N2)CCc1ccc(N)cc1. The van der Waals surface area contributed by atoms with Crippen molar-refractivity contribution >= 4 is 17.3 Å². The zero-order chi connectivity index (χ0) is 17.6. The van der Waals surface area contributed by atoms with Crippen LogP contribution >= 0.6 is 0 Å². The summed E-state index contributed by atoms with van der Waals surface area (Å²) in [5, 5.41) is 2.90. The van der Waals surface area contributed by atoms with E-state index in [1.54, 1.807) is 0 Å². The maximum atomic E-state index is 11.5. The second-order valence-corrected chi connectivity index (χ2v) is 6.47. The van der Waals surface area contributed by atoms with E-state index in [-0.39, 0.29) is 5.91 Å². The van der Waals surface area contributed by atoms with Crippen LogP contribution in [-0.2, 0) is 17.6 Å². The molecule has 1 aliphatic heterocycles. The van der Waals surface area contributed by atoms with Gasteiger partial charge in [-0.05, 0) is 49.7 Å². The molecule has 0 aliphatic carbocycles. The van der Waals surface area contributed by atoms with Gasteiger partial charge in [0.15, 0.2) is 0 Å². The number of ether oxygens (including phenoxy) is 1. The van der Waals surface area contributed by atoms with Crippen LogP contribution in [0.4, 0.5) is 11.4 Å². The average molecular weight is 339 g/mol. The Morgan fingerprint density at radius 2 is 1.92 bits per heavy atom. The average Bonchev–Trinajstić information content (AvgIpc) is 2.61. The summed E-state index contributed by atoms with van der Waals surface area (Å²) in [7, 11) is 2.10. The van der Waals surface area contributed by atoms with Gasteiger partial charge in [-0.2, -0.15) is 0 Å². The molecule has 0 saturated carbocycles. The van der Waals surface area contributed by atoms with Gasteiger partial charge in [-0.25, -0.2) is 0 Å². The number of anilines is 2. The number of likely N-dealkylation sites (N-methyl/N-ethyl adjacent to an activating group) is 1. The Morgan fingerprint density at radius 1 is 1.12 bits per heavy atom. The minimum atomic E-state index is 0.0760. The van der Waals surface area contributed by atoms with Gasteiger partial charge in [0.1, 0.15) is 12.4 Å². The number of hydrogen-bond acceptors (Lipinski definition) is 4. The lowest BCUT2D eigenvalue weighted by Crippen LogP contribution is -2.27. The molecule has 132 valence electrons. The molecule has 1 amide bonds. The molecule has 0 aromatic heterocycles. The molecule has 3 rings (SSSR count). The van der Waals surface area contributed by atoms with E-state index in [9.17, 15) is 4.79 Å². The predicted molar refractivity (Wildman–Crippen MR) is 101 cm³/mol. The zero-order valence-electron chi connectivity index (χ0n) is 14.6. The van der Waals surface area contributed by atoms with Gasteiger partial charge in [-0.15, -0.1) is 0 Å². The molecule has 0 atom stereocenters. The number of rotatable bonds is 7. The molecule has 0 spiro atoms. The van der Waals surface area contributed by atoms with Crippen molar-refractivity contribution in [2.45, 2.75) is 19.3 Å². The third kappa shape index (κ3) is 4.73. The van der Waals surface area contributed by atoms with E-state index in [1.807, 2.05) is 30.3 Å². The Bertz CT molecular complexity index is 728. The smallest absolute Gasteiger partial charge is 0.224 e. The molecule has 0 fully saturated rings. The van der Waals surface area contributed by atoms with Crippen LogP contribution in [0, 0.1) is 0 Å². The van der Waals surface area contributed by atoms with Crippen LogP contribution in [0.15, 0.2) is 42.5 Å². The van der Waals surface area contributed by atoms with Gasteiger partial charge in [-0.3, -0.25) is 4.79 Å². The van der Waals surface area contributed by atoms with Crippen molar-refractivity contribution in [2.24, 2.45) is 0 Å². The minimum Gasteiger partial charge on any atom is -0.492 e. The second kappa shape index (κ2) is 8.03. The predicted octanol–water partition coefficient (Wildman–Crippen LogP) is 2.71. The van der Waals surface area contributed by atoms with Crippen LogP contribution < -0.4 is 15.8 Å². The van der Waals surface area contributed by atoms with E-state index in [4.69, 9.17) is 10.5 Å². The summed E-state index contributed by atoms with van der Waals surface area (Å²) in [4.78, 5) is 13.7. The standard InChI is InChI=1S/C20H25N3O2/c1-23(12-11-15-5-7-16(21)8-6-15)13-14-25-19-4-2-3-18-17(19)9-10-20(24)22-18/h2-8H,9-14,21H2,1H3,(H,22,24). The molecule has 0 saturated heterocycles. The van der Waals surface area contributed by atoms with Crippen LogP contribution in [0.2, 0.25) is 0 Å². The summed E-state index contributed by atoms with van der Waals surface area (Å²) in [6.45, 7) is 2.45. The van der Waals surface area contributed by atoms with Gasteiger partial charge in [0.25, 0.3) is 0 Å². The summed E-state index contributed by atoms with van der Waals surface area (Å²) >= 11 is 0. The molecule has 1 aliphatic rings. The van der Waals surface area contributed by atoms with Crippen molar-refractivity contribution in [1.82, 2.24) is 4.90 Å². The van der Waals surface area contributed by atoms with Gasteiger partial charge >= 0.3 is 0 Å². The number of nitrogens with two attached hydrogens (primary N) is 1. The Morgan fingerprint density at radius 3 is 2.72 bits per heavy atom. The number of amides is 1. The molecule has 0 radical (unpaired) electrons. The first-order chi connectivity index (χ1) is 12.1. The van der Waals surface area contributed by atoms with E-state index in [0.29, 0.717) is 13.0 Å². The van der Waals surface area contributed by atoms with Gasteiger partial charge in [-0.1, -0.05) is 18.2 Å². The molecule has 2 aromatic carbocycles. The Kier molecular flexibility index (Phi) is 5.56. The fourth-order valence-corrected chi connectivity index (χ4v) is 2.95. The van der Waals surface area contributed by atoms with Crippen LogP contribution in [0.1, 0.15) is 17.5 Å². The monoisotopic (exact) mass is 339 g/mol. The highest BCUT2D eigenvalue weighted by Crippen LogP contribution is 2.30. The van der Waals surface area contributed by atoms with Gasteiger partial charge in [0, 0.05) is 36.4 Å². The molecular formula is C20H25N3O2. The summed E-state index contributed by atoms with van der Waals surface area (Å²) in [6, 6.07) is 13.9. The first-order valence-electron chi connectivity index (χ1n) is 8.69. The Balaban J connectivity index is 1.46. The fourth-order valence-electron chi connectivity index (χ4n) is 2.95. The number of nitrogens with zero attached hydrogens (tertiary/aromatic N) is 1. The highest BCUT2D eigenvalue weighted by Gasteiger charge is 2.18. The lowest BCUT2D eigenvalue weighted by atomic mass is 10.0. The highest BCUT2D eigenvalue weighted by molar-refractivity contribution is 5.94. The largest absolute Gasteiger partial charge is 0.492 e. The van der Waals surface area contributed by atoms with E-state index >= 15 is 0 Å². The lowest BCUT2D eigenvalue weighted by molar-refractivity contribution is -0.116. The molecule has 1 heterocycles. The van der Waals surface area contributed by atoms with Crippen LogP contribution in [0.25, 0.3) is 0 Å². The fraction of sp³-hybridized carbons (Fsp3) is 0.350. The van der Waals surface area contributed by atoms with Crippen LogP contribution in [-0.4, -0.2) is 37.6 Å². The number of carbonyl (C=O) groups is 1. The van der Waals surface area contributed by atoms with Crippen molar-refractivity contribution in [3.8, 4) is 5.75 Å². The molecule has 0 bridgehead atoms. The molecule has 5 nitrogen and oxygen atoms in total. The number of nitrogens with one attached hydrogen (secondary N) is 1. The van der Waals surface area contributed by atoms with E-state index in [0.717, 1.165) is 48.6 Å². The first-order valence-corrected chi connectivity index (χ1v) is 8.69. The van der Waals surface area contributed by atoms with Crippen molar-refractivity contribution in [3.63, 3.8) is 0 Å². The van der Waals surface area contributed by atoms with Gasteiger partial charge in [0.05, 0.1) is 0 Å². The van der Waals surface area contributed by atoms with Crippen molar-refractivity contribution in [3.05, 3.63) is 53.6 Å². The Hall–Kier alpha value is -2.53. The molecule has 3 N–H and O–H groups in total. The molecule has 2 aromatic rings. The van der Waals surface area contributed by atoms with Crippen molar-refractivity contribution < 1.29 is 9.53 Å². The van der Waals surface area contributed by atoms with Crippen LogP contribution in [0.3, 0.4) is 0 Å². The number of fused-ring (bicyclic) bond motifs is 1. The zero-order valence-corrected chi connectivity index (χ0v) is 14.6. The minimum absolute atomic E-state index is 0.0760.